The van der Waals surface area contributed by atoms with Crippen molar-refractivity contribution in [2.24, 2.45) is 11.8 Å². The molecule has 0 spiro atoms. The number of carboxylic acids is 1. The summed E-state index contributed by atoms with van der Waals surface area (Å²) in [5, 5.41) is 12.2. The zero-order valence-corrected chi connectivity index (χ0v) is 14.5. The van der Waals surface area contributed by atoms with Crippen molar-refractivity contribution in [3.05, 3.63) is 34.3 Å². The number of aliphatic carboxylic acids is 1. The van der Waals surface area contributed by atoms with Gasteiger partial charge >= 0.3 is 5.97 Å². The molecule has 0 heterocycles. The molecule has 0 saturated heterocycles. The number of rotatable bonds is 4. The van der Waals surface area contributed by atoms with Gasteiger partial charge in [-0.1, -0.05) is 40.5 Å². The molecule has 0 bridgehead atoms. The maximum atomic E-state index is 12.5. The lowest BCUT2D eigenvalue weighted by atomic mass is 9.80. The maximum Gasteiger partial charge on any atom is 0.306 e. The van der Waals surface area contributed by atoms with E-state index < -0.39 is 17.4 Å². The summed E-state index contributed by atoms with van der Waals surface area (Å²) in [4.78, 5) is 23.7. The molecule has 0 aromatic heterocycles. The monoisotopic (exact) mass is 367 g/mol. The lowest BCUT2D eigenvalue weighted by molar-refractivity contribution is -0.144. The highest BCUT2D eigenvalue weighted by Gasteiger charge is 2.34. The molecule has 1 fully saturated rings. The predicted molar refractivity (Wildman–Crippen MR) is 88.4 cm³/mol. The number of hydrogen-bond donors (Lipinski definition) is 2. The van der Waals surface area contributed by atoms with Gasteiger partial charge in [0, 0.05) is 10.4 Å². The third-order valence-corrected chi connectivity index (χ3v) is 5.07. The van der Waals surface area contributed by atoms with Gasteiger partial charge in [0.2, 0.25) is 5.91 Å². The minimum absolute atomic E-state index is 0.0493. The van der Waals surface area contributed by atoms with Crippen molar-refractivity contribution in [1.29, 1.82) is 0 Å². The Hall–Kier alpha value is -1.36. The normalized spacial score (nSPS) is 22.1. The topological polar surface area (TPSA) is 66.4 Å². The molecular formula is C17H22BrNO3. The first-order chi connectivity index (χ1) is 10.3. The van der Waals surface area contributed by atoms with Crippen LogP contribution in [0.15, 0.2) is 28.7 Å². The molecular weight excluding hydrogens is 346 g/mol. The van der Waals surface area contributed by atoms with E-state index in [1.807, 2.05) is 38.1 Å². The Labute approximate surface area is 139 Å². The van der Waals surface area contributed by atoms with Crippen molar-refractivity contribution < 1.29 is 14.7 Å². The number of carboxylic acid groups (broad SMARTS) is 1. The second-order valence-electron chi connectivity index (χ2n) is 6.49. The van der Waals surface area contributed by atoms with Crippen molar-refractivity contribution in [3.63, 3.8) is 0 Å². The molecule has 2 unspecified atom stereocenters. The van der Waals surface area contributed by atoms with Crippen LogP contribution in [-0.4, -0.2) is 17.0 Å². The van der Waals surface area contributed by atoms with Gasteiger partial charge in [-0.2, -0.15) is 0 Å². The number of hydrogen-bond acceptors (Lipinski definition) is 2. The van der Waals surface area contributed by atoms with Gasteiger partial charge < -0.3 is 10.4 Å². The number of carbonyl (C=O) groups excluding carboxylic acids is 1. The molecule has 2 atom stereocenters. The van der Waals surface area contributed by atoms with Gasteiger partial charge in [-0.05, 0) is 44.7 Å². The molecule has 2 N–H and O–H groups in total. The first-order valence-electron chi connectivity index (χ1n) is 7.61. The molecule has 1 amide bonds. The standard InChI is InChI=1S/C17H22BrNO3/c1-17(2,13-8-3-4-9-14(13)18)19-15(20)11-6-5-7-12(10-11)16(21)22/h3-4,8-9,11-12H,5-7,10H2,1-2H3,(H,19,20)(H,21,22). The second kappa shape index (κ2) is 6.82. The van der Waals surface area contributed by atoms with Crippen molar-refractivity contribution in [1.82, 2.24) is 5.32 Å². The summed E-state index contributed by atoms with van der Waals surface area (Å²) in [5.74, 6) is -1.44. The van der Waals surface area contributed by atoms with Crippen LogP contribution in [0, 0.1) is 11.8 Å². The Balaban J connectivity index is 2.07. The summed E-state index contributed by atoms with van der Waals surface area (Å²) in [6.45, 7) is 3.92. The summed E-state index contributed by atoms with van der Waals surface area (Å²) in [6.07, 6.45) is 2.67. The van der Waals surface area contributed by atoms with Crippen LogP contribution in [0.2, 0.25) is 0 Å². The number of carbonyl (C=O) groups is 2. The fourth-order valence-corrected chi connectivity index (χ4v) is 3.88. The van der Waals surface area contributed by atoms with Gasteiger partial charge in [-0.3, -0.25) is 9.59 Å². The molecule has 0 radical (unpaired) electrons. The smallest absolute Gasteiger partial charge is 0.306 e. The highest BCUT2D eigenvalue weighted by molar-refractivity contribution is 9.10. The highest BCUT2D eigenvalue weighted by Crippen LogP contribution is 2.32. The van der Waals surface area contributed by atoms with E-state index in [-0.39, 0.29) is 11.8 Å². The third kappa shape index (κ3) is 3.88. The summed E-state index contributed by atoms with van der Waals surface area (Å²) in [5.41, 5.74) is 0.502. The molecule has 1 aliphatic carbocycles. The van der Waals surface area contributed by atoms with E-state index in [0.717, 1.165) is 22.9 Å². The average Bonchev–Trinajstić information content (AvgIpc) is 2.47. The van der Waals surface area contributed by atoms with E-state index in [9.17, 15) is 9.59 Å². The van der Waals surface area contributed by atoms with E-state index >= 15 is 0 Å². The Morgan fingerprint density at radius 3 is 2.50 bits per heavy atom. The number of halogens is 1. The molecule has 1 saturated carbocycles. The molecule has 5 heteroatoms. The van der Waals surface area contributed by atoms with Gasteiger partial charge in [0.05, 0.1) is 11.5 Å². The van der Waals surface area contributed by atoms with Gasteiger partial charge in [-0.15, -0.1) is 0 Å². The van der Waals surface area contributed by atoms with Gasteiger partial charge in [0.1, 0.15) is 0 Å². The molecule has 2 rings (SSSR count). The van der Waals surface area contributed by atoms with Crippen molar-refractivity contribution >= 4 is 27.8 Å². The molecule has 4 nitrogen and oxygen atoms in total. The predicted octanol–water partition coefficient (Wildman–Crippen LogP) is 3.69. The van der Waals surface area contributed by atoms with Crippen LogP contribution in [0.4, 0.5) is 0 Å². The molecule has 1 aromatic carbocycles. The van der Waals surface area contributed by atoms with Crippen LogP contribution in [0.25, 0.3) is 0 Å². The largest absolute Gasteiger partial charge is 0.481 e. The van der Waals surface area contributed by atoms with Gasteiger partial charge in [-0.25, -0.2) is 0 Å². The summed E-state index contributed by atoms with van der Waals surface area (Å²) in [6, 6.07) is 7.80. The van der Waals surface area contributed by atoms with Crippen LogP contribution >= 0.6 is 15.9 Å². The minimum Gasteiger partial charge on any atom is -0.481 e. The Bertz CT molecular complexity index is 571. The quantitative estimate of drug-likeness (QED) is 0.852. The van der Waals surface area contributed by atoms with Gasteiger partial charge in [0.15, 0.2) is 0 Å². The fourth-order valence-electron chi connectivity index (χ4n) is 3.10. The lowest BCUT2D eigenvalue weighted by Crippen LogP contribution is -2.45. The van der Waals surface area contributed by atoms with Crippen LogP contribution in [-0.2, 0) is 15.1 Å². The van der Waals surface area contributed by atoms with E-state index in [0.29, 0.717) is 12.8 Å². The fraction of sp³-hybridized carbons (Fsp3) is 0.529. The molecule has 120 valence electrons. The van der Waals surface area contributed by atoms with Crippen LogP contribution in [0.3, 0.4) is 0 Å². The highest BCUT2D eigenvalue weighted by atomic mass is 79.9. The number of amides is 1. The zero-order valence-electron chi connectivity index (χ0n) is 12.9. The van der Waals surface area contributed by atoms with Gasteiger partial charge in [0.25, 0.3) is 0 Å². The summed E-state index contributed by atoms with van der Waals surface area (Å²) in [7, 11) is 0. The molecule has 1 aromatic rings. The molecule has 1 aliphatic rings. The van der Waals surface area contributed by atoms with Crippen LogP contribution in [0.5, 0.6) is 0 Å². The maximum absolute atomic E-state index is 12.5. The zero-order chi connectivity index (χ0) is 16.3. The van der Waals surface area contributed by atoms with E-state index in [4.69, 9.17) is 5.11 Å². The third-order valence-electron chi connectivity index (χ3n) is 4.38. The molecule has 0 aliphatic heterocycles. The average molecular weight is 368 g/mol. The Morgan fingerprint density at radius 2 is 1.86 bits per heavy atom. The first kappa shape index (κ1) is 17.0. The van der Waals surface area contributed by atoms with Crippen molar-refractivity contribution in [2.45, 2.75) is 45.1 Å². The summed E-state index contributed by atoms with van der Waals surface area (Å²) >= 11 is 3.52. The van der Waals surface area contributed by atoms with Crippen molar-refractivity contribution in [3.8, 4) is 0 Å². The first-order valence-corrected chi connectivity index (χ1v) is 8.40. The Morgan fingerprint density at radius 1 is 1.23 bits per heavy atom. The number of nitrogens with one attached hydrogen (secondary N) is 1. The van der Waals surface area contributed by atoms with E-state index in [1.54, 1.807) is 0 Å². The second-order valence-corrected chi connectivity index (χ2v) is 7.35. The van der Waals surface area contributed by atoms with Crippen LogP contribution < -0.4 is 5.32 Å². The summed E-state index contributed by atoms with van der Waals surface area (Å²) < 4.78 is 0.951. The van der Waals surface area contributed by atoms with E-state index in [1.165, 1.54) is 0 Å². The van der Waals surface area contributed by atoms with Crippen LogP contribution in [0.1, 0.15) is 45.1 Å². The Kier molecular flexibility index (Phi) is 5.27. The van der Waals surface area contributed by atoms with E-state index in [2.05, 4.69) is 21.2 Å². The lowest BCUT2D eigenvalue weighted by Gasteiger charge is -2.32. The molecule has 22 heavy (non-hydrogen) atoms. The number of benzene rings is 1. The minimum atomic E-state index is -0.789. The van der Waals surface area contributed by atoms with Crippen molar-refractivity contribution in [2.75, 3.05) is 0 Å². The SMILES string of the molecule is CC(C)(NC(=O)C1CCCC(C(=O)O)C1)c1ccccc1Br.